The molecule has 0 saturated carbocycles. The number of hydrogen-bond acceptors (Lipinski definition) is 4. The molecule has 0 aliphatic carbocycles. The van der Waals surface area contributed by atoms with Gasteiger partial charge in [0.15, 0.2) is 17.2 Å². The predicted octanol–water partition coefficient (Wildman–Crippen LogP) is 13.0. The zero-order chi connectivity index (χ0) is 38.0. The molecule has 0 aliphatic heterocycles. The molecule has 0 atom stereocenters. The first-order chi connectivity index (χ1) is 27.6. The number of rotatable bonds is 7. The number of nitriles is 1. The van der Waals surface area contributed by atoms with Crippen LogP contribution in [0.4, 0.5) is 28.4 Å². The summed E-state index contributed by atoms with van der Waals surface area (Å²) in [6, 6.07) is 60.2. The summed E-state index contributed by atoms with van der Waals surface area (Å²) < 4.78 is 2.21. The Labute approximate surface area is 323 Å². The molecule has 9 aromatic rings. The maximum absolute atomic E-state index is 10.7. The quantitative estimate of drug-likeness (QED) is 0.154. The Kier molecular flexibility index (Phi) is 8.53. The second-order valence-electron chi connectivity index (χ2n) is 13.2. The Balaban J connectivity index is 1.20. The molecule has 9 rings (SSSR count). The van der Waals surface area contributed by atoms with Crippen LogP contribution in [0.25, 0.3) is 71.1 Å². The van der Waals surface area contributed by atoms with Gasteiger partial charge in [-0.1, -0.05) is 91.0 Å². The highest BCUT2D eigenvalue weighted by Crippen LogP contribution is 2.40. The van der Waals surface area contributed by atoms with E-state index in [4.69, 9.17) is 23.1 Å². The molecule has 7 nitrogen and oxygen atoms in total. The number of hydrogen-bond donors (Lipinski definition) is 0. The standard InChI is InChI=1S/C49H29N7/c1-51-36-15-11-13-33(27-36)45-31-46(54-49(53-45)34-14-12-16-37(28-34)52-2)42-25-23-40(29-35(42)32-50)56-47-22-10-9-21-43(47)44-30-41(24-26-48(44)56)55(38-17-5-3-6-18-38)39-19-7-4-8-20-39/h3-31H. The first-order valence-electron chi connectivity index (χ1n) is 17.9. The lowest BCUT2D eigenvalue weighted by Gasteiger charge is -2.25. The third kappa shape index (κ3) is 6.06. The van der Waals surface area contributed by atoms with E-state index >= 15 is 0 Å². The average Bonchev–Trinajstić information content (AvgIpc) is 3.60. The molecule has 0 aliphatic rings. The van der Waals surface area contributed by atoms with E-state index in [1.165, 1.54) is 0 Å². The van der Waals surface area contributed by atoms with Crippen LogP contribution in [0.5, 0.6) is 0 Å². The van der Waals surface area contributed by atoms with Gasteiger partial charge in [-0.15, -0.1) is 0 Å². The van der Waals surface area contributed by atoms with Crippen LogP contribution in [0, 0.1) is 24.5 Å². The molecule has 56 heavy (non-hydrogen) atoms. The highest BCUT2D eigenvalue weighted by Gasteiger charge is 2.19. The SMILES string of the molecule is [C-]#[N+]c1cccc(-c2cc(-c3ccc(-n4c5ccccc5c5cc(N(c6ccccc6)c6ccccc6)ccc54)cc3C#N)nc(-c3cccc([N+]#[C-])c3)n2)c1. The largest absolute Gasteiger partial charge is 0.310 e. The smallest absolute Gasteiger partial charge is 0.187 e. The fraction of sp³-hybridized carbons (Fsp3) is 0. The third-order valence-electron chi connectivity index (χ3n) is 9.83. The van der Waals surface area contributed by atoms with E-state index in [1.807, 2.05) is 66.7 Å². The molecule has 0 spiro atoms. The second kappa shape index (κ2) is 14.3. The molecule has 0 amide bonds. The third-order valence-corrected chi connectivity index (χ3v) is 9.83. The van der Waals surface area contributed by atoms with Crippen molar-refractivity contribution in [2.24, 2.45) is 0 Å². The second-order valence-corrected chi connectivity index (χ2v) is 13.2. The molecular formula is C49H29N7. The van der Waals surface area contributed by atoms with Crippen LogP contribution in [-0.4, -0.2) is 14.5 Å². The highest BCUT2D eigenvalue weighted by atomic mass is 15.1. The summed E-state index contributed by atoms with van der Waals surface area (Å²) in [6.45, 7) is 15.1. The number of benzene rings is 7. The van der Waals surface area contributed by atoms with E-state index in [-0.39, 0.29) is 0 Å². The van der Waals surface area contributed by atoms with Crippen molar-refractivity contribution in [1.29, 1.82) is 5.26 Å². The molecule has 0 N–H and O–H groups in total. The minimum absolute atomic E-state index is 0.419. The lowest BCUT2D eigenvalue weighted by molar-refractivity contribution is 1.16. The molecule has 0 unspecified atom stereocenters. The minimum Gasteiger partial charge on any atom is -0.310 e. The van der Waals surface area contributed by atoms with Crippen molar-refractivity contribution in [2.75, 3.05) is 4.90 Å². The molecule has 0 radical (unpaired) electrons. The van der Waals surface area contributed by atoms with Crippen LogP contribution in [0.2, 0.25) is 0 Å². The van der Waals surface area contributed by atoms with Gasteiger partial charge in [0.2, 0.25) is 0 Å². The van der Waals surface area contributed by atoms with E-state index in [2.05, 4.69) is 110 Å². The van der Waals surface area contributed by atoms with Crippen molar-refractivity contribution in [3.63, 3.8) is 0 Å². The van der Waals surface area contributed by atoms with E-state index in [1.54, 1.807) is 24.3 Å². The van der Waals surface area contributed by atoms with Crippen LogP contribution < -0.4 is 4.90 Å². The van der Waals surface area contributed by atoms with Crippen molar-refractivity contribution < 1.29 is 0 Å². The van der Waals surface area contributed by atoms with Gasteiger partial charge >= 0.3 is 0 Å². The molecule has 0 fully saturated rings. The number of para-hydroxylation sites is 3. The van der Waals surface area contributed by atoms with Gasteiger partial charge in [-0.25, -0.2) is 19.7 Å². The van der Waals surface area contributed by atoms with Gasteiger partial charge in [-0.2, -0.15) is 5.26 Å². The molecule has 260 valence electrons. The topological polar surface area (TPSA) is 66.5 Å². The summed E-state index contributed by atoms with van der Waals surface area (Å²) in [4.78, 5) is 19.3. The van der Waals surface area contributed by atoms with Crippen molar-refractivity contribution in [3.8, 4) is 45.7 Å². The zero-order valence-electron chi connectivity index (χ0n) is 29.9. The van der Waals surface area contributed by atoms with Gasteiger partial charge in [-0.05, 0) is 90.5 Å². The van der Waals surface area contributed by atoms with E-state index in [0.717, 1.165) is 50.1 Å². The molecule has 0 bridgehead atoms. The van der Waals surface area contributed by atoms with Crippen LogP contribution in [0.3, 0.4) is 0 Å². The average molecular weight is 716 g/mol. The Bertz CT molecular complexity index is 2960. The van der Waals surface area contributed by atoms with E-state index in [0.29, 0.717) is 45.3 Å². The fourth-order valence-corrected chi connectivity index (χ4v) is 7.28. The normalized spacial score (nSPS) is 10.8. The van der Waals surface area contributed by atoms with Gasteiger partial charge in [-0.3, -0.25) is 0 Å². The zero-order valence-corrected chi connectivity index (χ0v) is 29.9. The number of aromatic nitrogens is 3. The monoisotopic (exact) mass is 715 g/mol. The summed E-state index contributed by atoms with van der Waals surface area (Å²) in [7, 11) is 0. The van der Waals surface area contributed by atoms with E-state index in [9.17, 15) is 5.26 Å². The fourth-order valence-electron chi connectivity index (χ4n) is 7.28. The summed E-state index contributed by atoms with van der Waals surface area (Å²) >= 11 is 0. The van der Waals surface area contributed by atoms with Crippen LogP contribution in [-0.2, 0) is 0 Å². The molecule has 7 heteroatoms. The Morgan fingerprint density at radius 2 is 1.14 bits per heavy atom. The number of nitrogens with zero attached hydrogens (tertiary/aromatic N) is 7. The maximum Gasteiger partial charge on any atom is 0.187 e. The molecule has 7 aromatic carbocycles. The van der Waals surface area contributed by atoms with Crippen LogP contribution in [0.15, 0.2) is 176 Å². The summed E-state index contributed by atoms with van der Waals surface area (Å²) in [5.41, 5.74) is 10.7. The Morgan fingerprint density at radius 1 is 0.518 bits per heavy atom. The van der Waals surface area contributed by atoms with Gasteiger partial charge < -0.3 is 9.47 Å². The summed E-state index contributed by atoms with van der Waals surface area (Å²) in [5, 5.41) is 12.9. The first-order valence-corrected chi connectivity index (χ1v) is 17.9. The Morgan fingerprint density at radius 3 is 1.84 bits per heavy atom. The van der Waals surface area contributed by atoms with Crippen molar-refractivity contribution in [3.05, 3.63) is 204 Å². The van der Waals surface area contributed by atoms with Crippen molar-refractivity contribution in [2.45, 2.75) is 0 Å². The van der Waals surface area contributed by atoms with Gasteiger partial charge in [0.25, 0.3) is 0 Å². The highest BCUT2D eigenvalue weighted by molar-refractivity contribution is 6.10. The molecule has 2 heterocycles. The van der Waals surface area contributed by atoms with Crippen molar-refractivity contribution >= 4 is 50.2 Å². The van der Waals surface area contributed by atoms with Gasteiger partial charge in [0.1, 0.15) is 0 Å². The van der Waals surface area contributed by atoms with Crippen LogP contribution >= 0.6 is 0 Å². The predicted molar refractivity (Wildman–Crippen MR) is 225 cm³/mol. The van der Waals surface area contributed by atoms with Crippen molar-refractivity contribution in [1.82, 2.24) is 14.5 Å². The van der Waals surface area contributed by atoms with Gasteiger partial charge in [0.05, 0.1) is 47.2 Å². The summed E-state index contributed by atoms with van der Waals surface area (Å²) in [5.74, 6) is 0.419. The lowest BCUT2D eigenvalue weighted by Crippen LogP contribution is -2.09. The number of anilines is 3. The lowest BCUT2D eigenvalue weighted by atomic mass is 10.0. The Hall–Kier alpha value is -8.31. The number of fused-ring (bicyclic) bond motifs is 3. The molecule has 0 saturated heterocycles. The van der Waals surface area contributed by atoms with E-state index < -0.39 is 0 Å². The first kappa shape index (κ1) is 33.5. The molecule has 2 aromatic heterocycles. The van der Waals surface area contributed by atoms with Gasteiger partial charge in [0, 0.05) is 44.6 Å². The summed E-state index contributed by atoms with van der Waals surface area (Å²) in [6.07, 6.45) is 0. The minimum atomic E-state index is 0.419. The molecular weight excluding hydrogens is 687 g/mol. The van der Waals surface area contributed by atoms with Crippen LogP contribution in [0.1, 0.15) is 5.56 Å². The maximum atomic E-state index is 10.7.